The van der Waals surface area contributed by atoms with Gasteiger partial charge >= 0.3 is 0 Å². The van der Waals surface area contributed by atoms with E-state index in [4.69, 9.17) is 4.74 Å². The maximum atomic E-state index is 6.00. The summed E-state index contributed by atoms with van der Waals surface area (Å²) in [5.41, 5.74) is 0. The van der Waals surface area contributed by atoms with Gasteiger partial charge in [-0.1, -0.05) is 79.1 Å². The van der Waals surface area contributed by atoms with E-state index in [1.54, 1.807) is 0 Å². The van der Waals surface area contributed by atoms with Gasteiger partial charge in [0.25, 0.3) is 0 Å². The first-order valence-corrected chi connectivity index (χ1v) is 8.86. The monoisotopic (exact) mass is 270 g/mol. The van der Waals surface area contributed by atoms with Gasteiger partial charge in [-0.05, 0) is 24.7 Å². The molecule has 2 unspecified atom stereocenters. The molecule has 0 amide bonds. The fraction of sp³-hybridized carbons (Fsp3) is 1.00. The molecule has 1 heteroatoms. The second kappa shape index (κ2) is 14.4. The minimum absolute atomic E-state index is 0.791. The molecule has 1 nitrogen and oxygen atoms in total. The van der Waals surface area contributed by atoms with Crippen LogP contribution in [-0.4, -0.2) is 13.2 Å². The van der Waals surface area contributed by atoms with Crippen LogP contribution in [-0.2, 0) is 4.74 Å². The minimum atomic E-state index is 0.791. The van der Waals surface area contributed by atoms with Gasteiger partial charge < -0.3 is 4.74 Å². The predicted molar refractivity (Wildman–Crippen MR) is 86.7 cm³/mol. The summed E-state index contributed by atoms with van der Waals surface area (Å²) < 4.78 is 6.00. The van der Waals surface area contributed by atoms with Crippen LogP contribution < -0.4 is 0 Å². The molecule has 0 saturated heterocycles. The SMILES string of the molecule is CCCCCC(CC)COCC(CC)CCCCC. The van der Waals surface area contributed by atoms with Gasteiger partial charge in [0.05, 0.1) is 0 Å². The summed E-state index contributed by atoms with van der Waals surface area (Å²) in [6, 6.07) is 0. The lowest BCUT2D eigenvalue weighted by Crippen LogP contribution is -2.14. The van der Waals surface area contributed by atoms with Crippen molar-refractivity contribution < 1.29 is 4.74 Å². The Balaban J connectivity index is 3.64. The summed E-state index contributed by atoms with van der Waals surface area (Å²) in [5.74, 6) is 1.58. The van der Waals surface area contributed by atoms with E-state index >= 15 is 0 Å². The van der Waals surface area contributed by atoms with Crippen molar-refractivity contribution >= 4 is 0 Å². The maximum Gasteiger partial charge on any atom is 0.0494 e. The van der Waals surface area contributed by atoms with Gasteiger partial charge in [-0.2, -0.15) is 0 Å². The van der Waals surface area contributed by atoms with Crippen molar-refractivity contribution in [2.24, 2.45) is 11.8 Å². The minimum Gasteiger partial charge on any atom is -0.381 e. The van der Waals surface area contributed by atoms with E-state index in [1.807, 2.05) is 0 Å². The molecule has 0 aliphatic heterocycles. The molecule has 0 saturated carbocycles. The first-order valence-electron chi connectivity index (χ1n) is 8.86. The molecule has 0 aromatic heterocycles. The molecule has 0 N–H and O–H groups in total. The molecule has 0 rings (SSSR count). The Labute approximate surface area is 122 Å². The Kier molecular flexibility index (Phi) is 14.3. The molecular formula is C18H38O. The van der Waals surface area contributed by atoms with E-state index in [0.29, 0.717) is 0 Å². The number of ether oxygens (including phenoxy) is 1. The van der Waals surface area contributed by atoms with E-state index in [-0.39, 0.29) is 0 Å². The molecule has 0 aromatic rings. The van der Waals surface area contributed by atoms with Crippen molar-refractivity contribution in [3.63, 3.8) is 0 Å². The molecular weight excluding hydrogens is 232 g/mol. The summed E-state index contributed by atoms with van der Waals surface area (Å²) in [7, 11) is 0. The molecule has 0 aromatic carbocycles. The van der Waals surface area contributed by atoms with Crippen molar-refractivity contribution in [1.82, 2.24) is 0 Å². The molecule has 116 valence electrons. The standard InChI is InChI=1S/C18H38O/c1-5-9-11-13-17(7-3)15-19-16-18(8-4)14-12-10-6-2/h17-18H,5-16H2,1-4H3. The molecule has 19 heavy (non-hydrogen) atoms. The van der Waals surface area contributed by atoms with Gasteiger partial charge in [-0.15, -0.1) is 0 Å². The van der Waals surface area contributed by atoms with Crippen LogP contribution in [0.2, 0.25) is 0 Å². The summed E-state index contributed by atoms with van der Waals surface area (Å²) in [5, 5.41) is 0. The fourth-order valence-corrected chi connectivity index (χ4v) is 2.58. The number of unbranched alkanes of at least 4 members (excludes halogenated alkanes) is 4. The van der Waals surface area contributed by atoms with Gasteiger partial charge in [0.2, 0.25) is 0 Å². The quantitative estimate of drug-likeness (QED) is 0.341. The second-order valence-corrected chi connectivity index (χ2v) is 6.08. The van der Waals surface area contributed by atoms with Crippen molar-refractivity contribution in [3.8, 4) is 0 Å². The van der Waals surface area contributed by atoms with Gasteiger partial charge in [0, 0.05) is 13.2 Å². The van der Waals surface area contributed by atoms with Crippen LogP contribution in [0.4, 0.5) is 0 Å². The lowest BCUT2D eigenvalue weighted by molar-refractivity contribution is 0.0628. The van der Waals surface area contributed by atoms with Crippen LogP contribution in [0.5, 0.6) is 0 Å². The van der Waals surface area contributed by atoms with Crippen LogP contribution in [0.25, 0.3) is 0 Å². The first-order chi connectivity index (χ1) is 9.28. The van der Waals surface area contributed by atoms with E-state index < -0.39 is 0 Å². The molecule has 0 aliphatic carbocycles. The molecule has 0 aliphatic rings. The third-order valence-corrected chi connectivity index (χ3v) is 4.29. The van der Waals surface area contributed by atoms with E-state index in [2.05, 4.69) is 27.7 Å². The highest BCUT2D eigenvalue weighted by Gasteiger charge is 2.09. The molecule has 0 bridgehead atoms. The topological polar surface area (TPSA) is 9.23 Å². The van der Waals surface area contributed by atoms with Gasteiger partial charge in [-0.3, -0.25) is 0 Å². The van der Waals surface area contributed by atoms with E-state index in [0.717, 1.165) is 25.0 Å². The second-order valence-electron chi connectivity index (χ2n) is 6.08. The average molecular weight is 271 g/mol. The van der Waals surface area contributed by atoms with Crippen molar-refractivity contribution in [2.75, 3.05) is 13.2 Å². The maximum absolute atomic E-state index is 6.00. The highest BCUT2D eigenvalue weighted by atomic mass is 16.5. The van der Waals surface area contributed by atoms with Crippen molar-refractivity contribution in [1.29, 1.82) is 0 Å². The zero-order chi connectivity index (χ0) is 14.3. The summed E-state index contributed by atoms with van der Waals surface area (Å²) in [4.78, 5) is 0. The number of hydrogen-bond acceptors (Lipinski definition) is 1. The zero-order valence-electron chi connectivity index (χ0n) is 14.0. The third-order valence-electron chi connectivity index (χ3n) is 4.29. The Hall–Kier alpha value is -0.0400. The predicted octanol–water partition coefficient (Wildman–Crippen LogP) is 6.22. The third kappa shape index (κ3) is 11.5. The molecule has 0 heterocycles. The Morgan fingerprint density at radius 1 is 0.632 bits per heavy atom. The summed E-state index contributed by atoms with van der Waals surface area (Å²) in [6.45, 7) is 11.1. The normalized spacial score (nSPS) is 14.5. The largest absolute Gasteiger partial charge is 0.381 e. The van der Waals surface area contributed by atoms with Crippen LogP contribution in [0.3, 0.4) is 0 Å². The van der Waals surface area contributed by atoms with Crippen LogP contribution in [0.1, 0.15) is 91.9 Å². The Morgan fingerprint density at radius 2 is 1.05 bits per heavy atom. The highest BCUT2D eigenvalue weighted by Crippen LogP contribution is 2.17. The van der Waals surface area contributed by atoms with Gasteiger partial charge in [-0.25, -0.2) is 0 Å². The molecule has 0 fully saturated rings. The average Bonchev–Trinajstić information content (AvgIpc) is 2.44. The molecule has 0 radical (unpaired) electrons. The lowest BCUT2D eigenvalue weighted by Gasteiger charge is -2.19. The number of hydrogen-bond donors (Lipinski definition) is 0. The summed E-state index contributed by atoms with van der Waals surface area (Å²) >= 11 is 0. The summed E-state index contributed by atoms with van der Waals surface area (Å²) in [6.07, 6.45) is 13.4. The molecule has 2 atom stereocenters. The first kappa shape index (κ1) is 19.0. The highest BCUT2D eigenvalue weighted by molar-refractivity contribution is 4.60. The smallest absolute Gasteiger partial charge is 0.0494 e. The van der Waals surface area contributed by atoms with Crippen molar-refractivity contribution in [2.45, 2.75) is 91.9 Å². The van der Waals surface area contributed by atoms with Gasteiger partial charge in [0.1, 0.15) is 0 Å². The lowest BCUT2D eigenvalue weighted by atomic mass is 9.98. The van der Waals surface area contributed by atoms with Crippen LogP contribution in [0.15, 0.2) is 0 Å². The fourth-order valence-electron chi connectivity index (χ4n) is 2.58. The van der Waals surface area contributed by atoms with Crippen molar-refractivity contribution in [3.05, 3.63) is 0 Å². The van der Waals surface area contributed by atoms with E-state index in [9.17, 15) is 0 Å². The molecule has 0 spiro atoms. The van der Waals surface area contributed by atoms with E-state index in [1.165, 1.54) is 64.2 Å². The van der Waals surface area contributed by atoms with Gasteiger partial charge in [0.15, 0.2) is 0 Å². The number of rotatable bonds is 14. The Bertz CT molecular complexity index is 149. The zero-order valence-corrected chi connectivity index (χ0v) is 14.0. The Morgan fingerprint density at radius 3 is 1.37 bits per heavy atom. The van der Waals surface area contributed by atoms with Crippen LogP contribution >= 0.6 is 0 Å². The van der Waals surface area contributed by atoms with Crippen LogP contribution in [0, 0.1) is 11.8 Å².